The van der Waals surface area contributed by atoms with Gasteiger partial charge in [-0.2, -0.15) is 0 Å². The van der Waals surface area contributed by atoms with Crippen molar-refractivity contribution in [2.24, 2.45) is 0 Å². The molecule has 7 heteroatoms. The van der Waals surface area contributed by atoms with Crippen molar-refractivity contribution in [3.05, 3.63) is 34.9 Å². The molecule has 1 heterocycles. The fourth-order valence-corrected chi connectivity index (χ4v) is 4.36. The highest BCUT2D eigenvalue weighted by atomic mass is 35.5. The third-order valence-corrected chi connectivity index (χ3v) is 5.68. The molecule has 2 rings (SSSR count). The highest BCUT2D eigenvalue weighted by molar-refractivity contribution is 7.99. The molecule has 24 heavy (non-hydrogen) atoms. The first kappa shape index (κ1) is 19.1. The molecule has 0 aromatic heterocycles. The molecule has 1 aromatic carbocycles. The van der Waals surface area contributed by atoms with E-state index in [1.807, 2.05) is 32.0 Å². The summed E-state index contributed by atoms with van der Waals surface area (Å²) < 4.78 is 5.00. The predicted molar refractivity (Wildman–Crippen MR) is 97.1 cm³/mol. The number of methoxy groups -OCH3 is 1. The number of halogens is 1. The van der Waals surface area contributed by atoms with Crippen molar-refractivity contribution >= 4 is 35.2 Å². The molecule has 1 aromatic rings. The van der Waals surface area contributed by atoms with Crippen LogP contribution in [-0.4, -0.2) is 48.3 Å². The number of carbonyl (C=O) groups is 2. The number of rotatable bonds is 6. The Bertz CT molecular complexity index is 599. The molecule has 0 radical (unpaired) electrons. The van der Waals surface area contributed by atoms with Crippen molar-refractivity contribution in [2.75, 3.05) is 19.5 Å². The number of benzene rings is 1. The van der Waals surface area contributed by atoms with Crippen LogP contribution in [0.4, 0.5) is 0 Å². The van der Waals surface area contributed by atoms with Crippen LogP contribution >= 0.6 is 23.4 Å². The highest BCUT2D eigenvalue weighted by Gasteiger charge is 2.42. The van der Waals surface area contributed by atoms with E-state index in [2.05, 4.69) is 5.32 Å². The van der Waals surface area contributed by atoms with Gasteiger partial charge >= 0.3 is 0 Å². The predicted octanol–water partition coefficient (Wildman–Crippen LogP) is 2.84. The number of ether oxygens (including phenoxy) is 1. The van der Waals surface area contributed by atoms with E-state index >= 15 is 0 Å². The highest BCUT2D eigenvalue weighted by Crippen LogP contribution is 2.43. The quantitative estimate of drug-likeness (QED) is 0.836. The lowest BCUT2D eigenvalue weighted by Gasteiger charge is -2.30. The van der Waals surface area contributed by atoms with Gasteiger partial charge in [-0.15, -0.1) is 11.8 Å². The van der Waals surface area contributed by atoms with E-state index in [0.29, 0.717) is 10.8 Å². The number of amides is 2. The third kappa shape index (κ3) is 4.23. The van der Waals surface area contributed by atoms with Crippen LogP contribution in [0.2, 0.25) is 5.02 Å². The molecular weight excluding hydrogens is 348 g/mol. The fraction of sp³-hybridized carbons (Fsp3) is 0.529. The Balaban J connectivity index is 2.28. The fourth-order valence-electron chi connectivity index (χ4n) is 2.57. The van der Waals surface area contributed by atoms with E-state index in [0.717, 1.165) is 12.0 Å². The monoisotopic (exact) mass is 370 g/mol. The Morgan fingerprint density at radius 2 is 2.17 bits per heavy atom. The number of hydrogen-bond acceptors (Lipinski definition) is 4. The molecule has 1 fully saturated rings. The molecule has 0 aliphatic carbocycles. The number of thioether (sulfide) groups is 1. The molecule has 0 spiro atoms. The molecule has 0 saturated carbocycles. The zero-order chi connectivity index (χ0) is 17.7. The van der Waals surface area contributed by atoms with Crippen LogP contribution in [0.15, 0.2) is 24.3 Å². The lowest BCUT2D eigenvalue weighted by Crippen LogP contribution is -2.50. The Labute approximate surface area is 152 Å². The van der Waals surface area contributed by atoms with Gasteiger partial charge in [-0.1, -0.05) is 36.7 Å². The summed E-state index contributed by atoms with van der Waals surface area (Å²) in [6, 6.07) is 6.97. The molecular formula is C17H23ClN2O3S. The second-order valence-corrected chi connectivity index (χ2v) is 7.30. The minimum Gasteiger partial charge on any atom is -0.375 e. The molecule has 1 saturated heterocycles. The Kier molecular flexibility index (Phi) is 6.95. The average Bonchev–Trinajstić information content (AvgIpc) is 3.00. The smallest absolute Gasteiger partial charge is 0.250 e. The number of carbonyl (C=O) groups excluding carboxylic acids is 2. The zero-order valence-electron chi connectivity index (χ0n) is 14.1. The van der Waals surface area contributed by atoms with Crippen LogP contribution in [0.25, 0.3) is 0 Å². The first-order valence-corrected chi connectivity index (χ1v) is 9.38. The van der Waals surface area contributed by atoms with Crippen molar-refractivity contribution < 1.29 is 14.3 Å². The van der Waals surface area contributed by atoms with Gasteiger partial charge in [0.05, 0.1) is 0 Å². The van der Waals surface area contributed by atoms with Gasteiger partial charge in [0, 0.05) is 29.5 Å². The molecule has 0 bridgehead atoms. The summed E-state index contributed by atoms with van der Waals surface area (Å²) in [5, 5.41) is 3.27. The summed E-state index contributed by atoms with van der Waals surface area (Å²) in [6.45, 7) is 3.90. The van der Waals surface area contributed by atoms with E-state index in [4.69, 9.17) is 16.3 Å². The summed E-state index contributed by atoms with van der Waals surface area (Å²) in [7, 11) is 1.47. The third-order valence-electron chi connectivity index (χ3n) is 4.03. The zero-order valence-corrected chi connectivity index (χ0v) is 15.7. The maximum atomic E-state index is 12.6. The largest absolute Gasteiger partial charge is 0.375 e. The molecule has 5 nitrogen and oxygen atoms in total. The van der Waals surface area contributed by atoms with Crippen LogP contribution in [0.1, 0.15) is 31.2 Å². The van der Waals surface area contributed by atoms with Gasteiger partial charge in [0.25, 0.3) is 0 Å². The molecule has 3 atom stereocenters. The summed E-state index contributed by atoms with van der Waals surface area (Å²) in [6.07, 6.45) is 0.839. The average molecular weight is 371 g/mol. The van der Waals surface area contributed by atoms with E-state index in [1.54, 1.807) is 22.7 Å². The van der Waals surface area contributed by atoms with Crippen LogP contribution in [0, 0.1) is 0 Å². The summed E-state index contributed by atoms with van der Waals surface area (Å²) in [5.74, 6) is 0.195. The Morgan fingerprint density at radius 1 is 1.46 bits per heavy atom. The second kappa shape index (κ2) is 8.74. The minimum atomic E-state index is -0.520. The van der Waals surface area contributed by atoms with Crippen molar-refractivity contribution in [1.82, 2.24) is 10.2 Å². The van der Waals surface area contributed by atoms with Crippen molar-refractivity contribution in [2.45, 2.75) is 37.7 Å². The maximum absolute atomic E-state index is 12.6. The molecule has 132 valence electrons. The van der Waals surface area contributed by atoms with Gasteiger partial charge in [-0.25, -0.2) is 0 Å². The van der Waals surface area contributed by atoms with Gasteiger partial charge < -0.3 is 15.0 Å². The van der Waals surface area contributed by atoms with E-state index in [1.165, 1.54) is 7.11 Å². The Hall–Kier alpha value is -1.24. The van der Waals surface area contributed by atoms with Crippen molar-refractivity contribution in [3.8, 4) is 0 Å². The molecule has 1 aliphatic rings. The molecule has 1 aliphatic heterocycles. The Morgan fingerprint density at radius 3 is 2.79 bits per heavy atom. The van der Waals surface area contributed by atoms with Crippen LogP contribution in [0.3, 0.4) is 0 Å². The molecule has 0 unspecified atom stereocenters. The van der Waals surface area contributed by atoms with Gasteiger partial charge in [-0.05, 0) is 19.4 Å². The summed E-state index contributed by atoms with van der Waals surface area (Å²) >= 11 is 7.85. The number of nitrogens with zero attached hydrogens (tertiary/aromatic N) is 1. The topological polar surface area (TPSA) is 58.6 Å². The normalized spacial score (nSPS) is 21.6. The van der Waals surface area contributed by atoms with Crippen molar-refractivity contribution in [1.29, 1.82) is 0 Å². The first-order chi connectivity index (χ1) is 11.5. The maximum Gasteiger partial charge on any atom is 0.250 e. The van der Waals surface area contributed by atoms with Crippen LogP contribution in [-0.2, 0) is 14.3 Å². The summed E-state index contributed by atoms with van der Waals surface area (Å²) in [5.41, 5.74) is 0.840. The van der Waals surface area contributed by atoms with Gasteiger partial charge in [0.1, 0.15) is 18.0 Å². The summed E-state index contributed by atoms with van der Waals surface area (Å²) in [4.78, 5) is 26.8. The van der Waals surface area contributed by atoms with E-state index in [9.17, 15) is 9.59 Å². The van der Waals surface area contributed by atoms with Crippen molar-refractivity contribution in [3.63, 3.8) is 0 Å². The standard InChI is InChI=1S/C17H23ClN2O3S/c1-4-11(2)19-16(22)14-10-24-17(20(14)15(21)9-23-3)12-7-5-6-8-13(12)18/h5-8,11,14,17H,4,9-10H2,1-3H3,(H,19,22)/t11-,14+,17-/m1/s1. The molecule has 2 amide bonds. The van der Waals surface area contributed by atoms with Crippen LogP contribution < -0.4 is 5.32 Å². The van der Waals surface area contributed by atoms with Gasteiger partial charge in [-0.3, -0.25) is 9.59 Å². The van der Waals surface area contributed by atoms with Gasteiger partial charge in [0.2, 0.25) is 11.8 Å². The number of hydrogen-bond donors (Lipinski definition) is 1. The lowest BCUT2D eigenvalue weighted by molar-refractivity contribution is -0.143. The first-order valence-electron chi connectivity index (χ1n) is 7.96. The van der Waals surface area contributed by atoms with E-state index in [-0.39, 0.29) is 29.8 Å². The van der Waals surface area contributed by atoms with E-state index < -0.39 is 6.04 Å². The molecule has 1 N–H and O–H groups in total. The van der Waals surface area contributed by atoms with Crippen LogP contribution in [0.5, 0.6) is 0 Å². The number of nitrogens with one attached hydrogen (secondary N) is 1. The lowest BCUT2D eigenvalue weighted by atomic mass is 10.1. The van der Waals surface area contributed by atoms with Gasteiger partial charge in [0.15, 0.2) is 0 Å². The SMILES string of the molecule is CC[C@@H](C)NC(=O)[C@@H]1CS[C@H](c2ccccc2Cl)N1C(=O)COC. The minimum absolute atomic E-state index is 0.0609. The second-order valence-electron chi connectivity index (χ2n) is 5.77.